The molecule has 1 rings (SSSR count). The van der Waals surface area contributed by atoms with Crippen LogP contribution in [0.5, 0.6) is 0 Å². The average molecular weight is 170 g/mol. The first-order valence-electron chi connectivity index (χ1n) is 5.23. The van der Waals surface area contributed by atoms with Crippen LogP contribution in [0.4, 0.5) is 0 Å². The van der Waals surface area contributed by atoms with Crippen molar-refractivity contribution in [2.24, 2.45) is 17.8 Å². The van der Waals surface area contributed by atoms with Crippen molar-refractivity contribution in [3.05, 3.63) is 0 Å². The van der Waals surface area contributed by atoms with Gasteiger partial charge in [-0.15, -0.1) is 0 Å². The highest BCUT2D eigenvalue weighted by Crippen LogP contribution is 2.35. The lowest BCUT2D eigenvalue weighted by Crippen LogP contribution is -2.42. The van der Waals surface area contributed by atoms with E-state index >= 15 is 0 Å². The highest BCUT2D eigenvalue weighted by Gasteiger charge is 2.35. The molecule has 0 amide bonds. The fourth-order valence-corrected chi connectivity index (χ4v) is 2.24. The number of hydrogen-bond acceptors (Lipinski definition) is 1. The molecule has 1 aliphatic rings. The Morgan fingerprint density at radius 2 is 1.50 bits per heavy atom. The first kappa shape index (κ1) is 10.0. The Bertz CT molecular complexity index is 139. The van der Waals surface area contributed by atoms with Gasteiger partial charge in [-0.2, -0.15) is 0 Å². The van der Waals surface area contributed by atoms with E-state index in [9.17, 15) is 0 Å². The van der Waals surface area contributed by atoms with Gasteiger partial charge >= 0.3 is 0 Å². The largest absolute Gasteiger partial charge is 0.375 e. The zero-order valence-electron chi connectivity index (χ0n) is 9.00. The molecule has 1 heterocycles. The van der Waals surface area contributed by atoms with E-state index in [0.29, 0.717) is 18.1 Å². The maximum Gasteiger partial charge on any atom is 0.0604 e. The molecule has 0 N–H and O–H groups in total. The highest BCUT2D eigenvalue weighted by molar-refractivity contribution is 4.83. The number of ether oxygens (including phenoxy) is 1. The van der Waals surface area contributed by atoms with E-state index in [1.807, 2.05) is 0 Å². The van der Waals surface area contributed by atoms with E-state index < -0.39 is 0 Å². The summed E-state index contributed by atoms with van der Waals surface area (Å²) in [5.41, 5.74) is 0. The van der Waals surface area contributed by atoms with Gasteiger partial charge in [0.25, 0.3) is 0 Å². The maximum absolute atomic E-state index is 5.93. The quantitative estimate of drug-likeness (QED) is 0.587. The van der Waals surface area contributed by atoms with Crippen LogP contribution in [-0.2, 0) is 4.74 Å². The fourth-order valence-electron chi connectivity index (χ4n) is 2.24. The van der Waals surface area contributed by atoms with Gasteiger partial charge in [-0.25, -0.2) is 0 Å². The number of hydrogen-bond donors (Lipinski definition) is 0. The van der Waals surface area contributed by atoms with Crippen LogP contribution in [0.1, 0.15) is 41.0 Å². The molecule has 1 aliphatic heterocycles. The standard InChI is InChI=1S/C11H22O/c1-6-11-9(4)7(2)8(3)10(5)12-11/h7-11H,6H2,1-5H3/t7-,8-,9?,10-,11-/m1/s1. The molecule has 0 bridgehead atoms. The Morgan fingerprint density at radius 1 is 0.917 bits per heavy atom. The lowest BCUT2D eigenvalue weighted by molar-refractivity contribution is -0.125. The highest BCUT2D eigenvalue weighted by atomic mass is 16.5. The van der Waals surface area contributed by atoms with E-state index in [2.05, 4.69) is 34.6 Å². The monoisotopic (exact) mass is 170 g/mol. The van der Waals surface area contributed by atoms with Crippen molar-refractivity contribution in [3.63, 3.8) is 0 Å². The van der Waals surface area contributed by atoms with Crippen LogP contribution < -0.4 is 0 Å². The lowest BCUT2D eigenvalue weighted by Gasteiger charge is -2.42. The average Bonchev–Trinajstić information content (AvgIpc) is 2.08. The second-order valence-corrected chi connectivity index (χ2v) is 4.37. The molecule has 0 radical (unpaired) electrons. The molecule has 1 fully saturated rings. The summed E-state index contributed by atoms with van der Waals surface area (Å²) in [4.78, 5) is 0. The van der Waals surface area contributed by atoms with Crippen LogP contribution in [0.15, 0.2) is 0 Å². The zero-order valence-corrected chi connectivity index (χ0v) is 9.00. The van der Waals surface area contributed by atoms with Gasteiger partial charge in [0.2, 0.25) is 0 Å². The minimum atomic E-state index is 0.446. The van der Waals surface area contributed by atoms with Crippen molar-refractivity contribution in [2.75, 3.05) is 0 Å². The number of rotatable bonds is 1. The van der Waals surface area contributed by atoms with Crippen molar-refractivity contribution in [3.8, 4) is 0 Å². The maximum atomic E-state index is 5.93. The van der Waals surface area contributed by atoms with Crippen LogP contribution >= 0.6 is 0 Å². The smallest absolute Gasteiger partial charge is 0.0604 e. The molecule has 12 heavy (non-hydrogen) atoms. The molecule has 0 spiro atoms. The molecule has 72 valence electrons. The second-order valence-electron chi connectivity index (χ2n) is 4.37. The molecule has 0 saturated carbocycles. The van der Waals surface area contributed by atoms with Crippen molar-refractivity contribution in [1.29, 1.82) is 0 Å². The van der Waals surface area contributed by atoms with Crippen LogP contribution in [0.25, 0.3) is 0 Å². The second kappa shape index (κ2) is 3.78. The Morgan fingerprint density at radius 3 is 2.00 bits per heavy atom. The van der Waals surface area contributed by atoms with E-state index in [0.717, 1.165) is 18.3 Å². The van der Waals surface area contributed by atoms with Crippen LogP contribution in [-0.4, -0.2) is 12.2 Å². The molecule has 1 unspecified atom stereocenters. The van der Waals surface area contributed by atoms with E-state index in [1.54, 1.807) is 0 Å². The van der Waals surface area contributed by atoms with Crippen molar-refractivity contribution >= 4 is 0 Å². The Balaban J connectivity index is 2.63. The SMILES string of the molecule is CC[C@H]1O[C@H](C)[C@H](C)[C@@H](C)C1C. The zero-order chi connectivity index (χ0) is 9.30. The third kappa shape index (κ3) is 1.66. The molecule has 0 aromatic carbocycles. The molecule has 1 nitrogen and oxygen atoms in total. The van der Waals surface area contributed by atoms with Gasteiger partial charge in [0.15, 0.2) is 0 Å². The lowest BCUT2D eigenvalue weighted by atomic mass is 9.76. The van der Waals surface area contributed by atoms with Crippen LogP contribution in [0.2, 0.25) is 0 Å². The summed E-state index contributed by atoms with van der Waals surface area (Å²) in [7, 11) is 0. The van der Waals surface area contributed by atoms with Crippen molar-refractivity contribution in [2.45, 2.75) is 53.2 Å². The molecular formula is C11H22O. The minimum Gasteiger partial charge on any atom is -0.375 e. The molecule has 1 heteroatoms. The Labute approximate surface area is 76.5 Å². The molecule has 1 saturated heterocycles. The van der Waals surface area contributed by atoms with E-state index in [4.69, 9.17) is 4.74 Å². The van der Waals surface area contributed by atoms with Gasteiger partial charge in [0, 0.05) is 0 Å². The van der Waals surface area contributed by atoms with Crippen LogP contribution in [0.3, 0.4) is 0 Å². The van der Waals surface area contributed by atoms with Crippen molar-refractivity contribution in [1.82, 2.24) is 0 Å². The summed E-state index contributed by atoms with van der Waals surface area (Å²) in [5.74, 6) is 2.24. The first-order valence-corrected chi connectivity index (χ1v) is 5.23. The molecule has 0 aromatic heterocycles. The Kier molecular flexibility index (Phi) is 3.16. The van der Waals surface area contributed by atoms with Gasteiger partial charge in [0.1, 0.15) is 0 Å². The fraction of sp³-hybridized carbons (Fsp3) is 1.00. The topological polar surface area (TPSA) is 9.23 Å². The van der Waals surface area contributed by atoms with E-state index in [-0.39, 0.29) is 0 Å². The first-order chi connectivity index (χ1) is 5.57. The van der Waals surface area contributed by atoms with Crippen LogP contribution in [0, 0.1) is 17.8 Å². The predicted octanol–water partition coefficient (Wildman–Crippen LogP) is 3.09. The Hall–Kier alpha value is -0.0400. The van der Waals surface area contributed by atoms with E-state index in [1.165, 1.54) is 0 Å². The van der Waals surface area contributed by atoms with Gasteiger partial charge in [-0.3, -0.25) is 0 Å². The normalized spacial score (nSPS) is 49.2. The van der Waals surface area contributed by atoms with Crippen molar-refractivity contribution < 1.29 is 4.74 Å². The summed E-state index contributed by atoms with van der Waals surface area (Å²) in [6.07, 6.45) is 2.09. The third-order valence-corrected chi connectivity index (χ3v) is 3.78. The summed E-state index contributed by atoms with van der Waals surface area (Å²) in [5, 5.41) is 0. The van der Waals surface area contributed by atoms with Gasteiger partial charge < -0.3 is 4.74 Å². The van der Waals surface area contributed by atoms with Gasteiger partial charge in [-0.05, 0) is 31.1 Å². The molecule has 0 aliphatic carbocycles. The van der Waals surface area contributed by atoms with Gasteiger partial charge in [0.05, 0.1) is 12.2 Å². The summed E-state index contributed by atoms with van der Waals surface area (Å²) >= 11 is 0. The molecule has 0 aromatic rings. The minimum absolute atomic E-state index is 0.446. The molecule has 5 atom stereocenters. The summed E-state index contributed by atoms with van der Waals surface area (Å²) in [6, 6.07) is 0. The summed E-state index contributed by atoms with van der Waals surface area (Å²) in [6.45, 7) is 11.4. The third-order valence-electron chi connectivity index (χ3n) is 3.78. The van der Waals surface area contributed by atoms with Gasteiger partial charge in [-0.1, -0.05) is 27.7 Å². The predicted molar refractivity (Wildman–Crippen MR) is 52.1 cm³/mol. The summed E-state index contributed by atoms with van der Waals surface area (Å²) < 4.78 is 5.93. The molecular weight excluding hydrogens is 148 g/mol.